The van der Waals surface area contributed by atoms with Crippen molar-refractivity contribution < 1.29 is 23.4 Å². The van der Waals surface area contributed by atoms with Gasteiger partial charge >= 0.3 is 16.2 Å². The fourth-order valence-electron chi connectivity index (χ4n) is 1.36. The number of nitrogens with zero attached hydrogens (tertiary/aromatic N) is 1. The second-order valence-corrected chi connectivity index (χ2v) is 5.16. The topological polar surface area (TPSA) is 107 Å². The van der Waals surface area contributed by atoms with Crippen LogP contribution in [0.3, 0.4) is 0 Å². The highest BCUT2D eigenvalue weighted by atomic mass is 32.2. The van der Waals surface area contributed by atoms with Crippen molar-refractivity contribution in [1.29, 1.82) is 0 Å². The number of hydrogen-bond donors (Lipinski definition) is 3. The number of aromatic carboxylic acids is 1. The molecule has 0 fully saturated rings. The van der Waals surface area contributed by atoms with E-state index >= 15 is 0 Å². The lowest BCUT2D eigenvalue weighted by atomic mass is 10.2. The maximum absolute atomic E-state index is 11.7. The number of hydrogen-bond acceptors (Lipinski definition) is 4. The second kappa shape index (κ2) is 5.80. The van der Waals surface area contributed by atoms with Crippen LogP contribution in [-0.2, 0) is 10.2 Å². The number of carbonyl (C=O) groups is 1. The average molecular weight is 274 g/mol. The van der Waals surface area contributed by atoms with Gasteiger partial charge in [0.15, 0.2) is 0 Å². The summed E-state index contributed by atoms with van der Waals surface area (Å²) >= 11 is 0. The first-order valence-electron chi connectivity index (χ1n) is 5.08. The first-order valence-corrected chi connectivity index (χ1v) is 6.52. The van der Waals surface area contributed by atoms with Crippen LogP contribution in [0.5, 0.6) is 0 Å². The van der Waals surface area contributed by atoms with Crippen LogP contribution < -0.4 is 9.03 Å². The molecule has 0 aliphatic rings. The number of anilines is 1. The molecule has 8 heteroatoms. The predicted molar refractivity (Wildman–Crippen MR) is 65.8 cm³/mol. The van der Waals surface area contributed by atoms with Crippen LogP contribution in [0.1, 0.15) is 10.4 Å². The summed E-state index contributed by atoms with van der Waals surface area (Å²) in [4.78, 5) is 10.7. The summed E-state index contributed by atoms with van der Waals surface area (Å²) in [6.45, 7) is -0.461. The molecule has 1 aromatic rings. The molecule has 0 radical (unpaired) electrons. The largest absolute Gasteiger partial charge is 0.478 e. The van der Waals surface area contributed by atoms with Crippen LogP contribution in [0.2, 0.25) is 0 Å². The van der Waals surface area contributed by atoms with Gasteiger partial charge in [-0.3, -0.25) is 4.31 Å². The van der Waals surface area contributed by atoms with E-state index in [9.17, 15) is 13.2 Å². The maximum atomic E-state index is 11.7. The molecule has 18 heavy (non-hydrogen) atoms. The van der Waals surface area contributed by atoms with Crippen LogP contribution in [0.15, 0.2) is 24.3 Å². The third kappa shape index (κ3) is 3.19. The molecule has 0 bridgehead atoms. The predicted octanol–water partition coefficient (Wildman–Crippen LogP) is -0.352. The third-order valence-electron chi connectivity index (χ3n) is 2.25. The zero-order valence-corrected chi connectivity index (χ0v) is 10.5. The quantitative estimate of drug-likeness (QED) is 0.657. The fraction of sp³-hybridized carbons (Fsp3) is 0.300. The monoisotopic (exact) mass is 274 g/mol. The Morgan fingerprint density at radius 2 is 1.89 bits per heavy atom. The number of aliphatic hydroxyl groups excluding tert-OH is 1. The van der Waals surface area contributed by atoms with Crippen molar-refractivity contribution in [3.05, 3.63) is 29.8 Å². The van der Waals surface area contributed by atoms with Crippen molar-refractivity contribution in [3.8, 4) is 0 Å². The molecule has 0 amide bonds. The van der Waals surface area contributed by atoms with Gasteiger partial charge in [0.1, 0.15) is 0 Å². The standard InChI is InChI=1S/C10H14N2O5S/c1-11-18(16,17)12(6-7-13)9-4-2-8(3-5-9)10(14)15/h2-5,11,13H,6-7H2,1H3,(H,14,15). The van der Waals surface area contributed by atoms with Gasteiger partial charge in [-0.2, -0.15) is 8.42 Å². The van der Waals surface area contributed by atoms with E-state index in [0.29, 0.717) is 0 Å². The Bertz CT molecular complexity index is 512. The van der Waals surface area contributed by atoms with Gasteiger partial charge in [0.25, 0.3) is 0 Å². The van der Waals surface area contributed by atoms with E-state index in [2.05, 4.69) is 4.72 Å². The summed E-state index contributed by atoms with van der Waals surface area (Å²) in [5.41, 5.74) is 0.341. The molecule has 0 heterocycles. The zero-order chi connectivity index (χ0) is 13.8. The molecule has 0 unspecified atom stereocenters. The van der Waals surface area contributed by atoms with Gasteiger partial charge in [-0.25, -0.2) is 9.52 Å². The van der Waals surface area contributed by atoms with Crippen molar-refractivity contribution in [2.75, 3.05) is 24.5 Å². The zero-order valence-electron chi connectivity index (χ0n) is 9.70. The molecule has 0 saturated carbocycles. The molecule has 0 atom stereocenters. The Morgan fingerprint density at radius 1 is 1.33 bits per heavy atom. The molecule has 7 nitrogen and oxygen atoms in total. The van der Waals surface area contributed by atoms with E-state index in [0.717, 1.165) is 4.31 Å². The van der Waals surface area contributed by atoms with Crippen molar-refractivity contribution in [1.82, 2.24) is 4.72 Å². The summed E-state index contributed by atoms with van der Waals surface area (Å²) < 4.78 is 26.5. The van der Waals surface area contributed by atoms with Crippen molar-refractivity contribution in [2.45, 2.75) is 0 Å². The molecule has 0 aliphatic carbocycles. The van der Waals surface area contributed by atoms with E-state index in [-0.39, 0.29) is 24.4 Å². The highest BCUT2D eigenvalue weighted by Gasteiger charge is 2.20. The van der Waals surface area contributed by atoms with Gasteiger partial charge < -0.3 is 10.2 Å². The molecule has 100 valence electrons. The number of nitrogens with one attached hydrogen (secondary N) is 1. The van der Waals surface area contributed by atoms with Gasteiger partial charge in [-0.15, -0.1) is 0 Å². The van der Waals surface area contributed by atoms with Gasteiger partial charge in [0.2, 0.25) is 0 Å². The van der Waals surface area contributed by atoms with E-state index in [1.165, 1.54) is 31.3 Å². The van der Waals surface area contributed by atoms with E-state index in [1.807, 2.05) is 0 Å². The lowest BCUT2D eigenvalue weighted by molar-refractivity contribution is 0.0697. The van der Waals surface area contributed by atoms with Crippen molar-refractivity contribution in [2.24, 2.45) is 0 Å². The highest BCUT2D eigenvalue weighted by Crippen LogP contribution is 2.17. The van der Waals surface area contributed by atoms with Gasteiger partial charge in [-0.1, -0.05) is 0 Å². The summed E-state index contributed by atoms with van der Waals surface area (Å²) in [5.74, 6) is -1.09. The normalized spacial score (nSPS) is 11.2. The minimum atomic E-state index is -3.73. The molecule has 0 spiro atoms. The van der Waals surface area contributed by atoms with E-state index in [1.54, 1.807) is 0 Å². The van der Waals surface area contributed by atoms with Crippen molar-refractivity contribution >= 4 is 21.9 Å². The molecule has 1 rings (SSSR count). The second-order valence-electron chi connectivity index (χ2n) is 3.36. The molecule has 0 aromatic heterocycles. The average Bonchev–Trinajstić information content (AvgIpc) is 2.36. The number of carboxylic acid groups (broad SMARTS) is 1. The number of carboxylic acids is 1. The molecule has 0 aliphatic heterocycles. The lowest BCUT2D eigenvalue weighted by Crippen LogP contribution is -2.40. The van der Waals surface area contributed by atoms with Crippen LogP contribution in [0.25, 0.3) is 0 Å². The maximum Gasteiger partial charge on any atom is 0.335 e. The first kappa shape index (κ1) is 14.4. The van der Waals surface area contributed by atoms with Crippen LogP contribution in [0.4, 0.5) is 5.69 Å². The molecular formula is C10H14N2O5S. The molecular weight excluding hydrogens is 260 g/mol. The Hall–Kier alpha value is -1.64. The number of aliphatic hydroxyl groups is 1. The minimum absolute atomic E-state index is 0.0598. The highest BCUT2D eigenvalue weighted by molar-refractivity contribution is 7.90. The Balaban J connectivity index is 3.11. The smallest absolute Gasteiger partial charge is 0.335 e. The third-order valence-corrected chi connectivity index (χ3v) is 3.74. The summed E-state index contributed by atoms with van der Waals surface area (Å²) in [5, 5.41) is 17.6. The van der Waals surface area contributed by atoms with Gasteiger partial charge in [0.05, 0.1) is 24.4 Å². The summed E-state index contributed by atoms with van der Waals surface area (Å²) in [7, 11) is -2.48. The van der Waals surface area contributed by atoms with Crippen LogP contribution in [0, 0.1) is 0 Å². The van der Waals surface area contributed by atoms with Crippen LogP contribution in [-0.4, -0.2) is 44.8 Å². The molecule has 3 N–H and O–H groups in total. The van der Waals surface area contributed by atoms with E-state index in [4.69, 9.17) is 10.2 Å². The number of rotatable bonds is 6. The Morgan fingerprint density at radius 3 is 2.28 bits per heavy atom. The lowest BCUT2D eigenvalue weighted by Gasteiger charge is -2.22. The molecule has 1 aromatic carbocycles. The van der Waals surface area contributed by atoms with Crippen LogP contribution >= 0.6 is 0 Å². The van der Waals surface area contributed by atoms with Gasteiger partial charge in [0, 0.05) is 7.05 Å². The summed E-state index contributed by atoms with van der Waals surface area (Å²) in [6, 6.07) is 5.34. The first-order chi connectivity index (χ1) is 8.42. The van der Waals surface area contributed by atoms with E-state index < -0.39 is 16.2 Å². The fourth-order valence-corrected chi connectivity index (χ4v) is 2.30. The Labute approximate surface area is 105 Å². The summed E-state index contributed by atoms with van der Waals surface area (Å²) in [6.07, 6.45) is 0. The van der Waals surface area contributed by atoms with Crippen molar-refractivity contribution in [3.63, 3.8) is 0 Å². The van der Waals surface area contributed by atoms with Gasteiger partial charge in [-0.05, 0) is 24.3 Å². The molecule has 0 saturated heterocycles. The Kier molecular flexibility index (Phi) is 4.65. The SMILES string of the molecule is CNS(=O)(=O)N(CCO)c1ccc(C(=O)O)cc1. The number of benzene rings is 1. The minimum Gasteiger partial charge on any atom is -0.478 e.